The van der Waals surface area contributed by atoms with Crippen molar-refractivity contribution >= 4 is 45.0 Å². The molecule has 2 rings (SSSR count). The van der Waals surface area contributed by atoms with E-state index in [1.165, 1.54) is 19.1 Å². The van der Waals surface area contributed by atoms with Gasteiger partial charge < -0.3 is 10.6 Å². The molecule has 0 radical (unpaired) electrons. The first-order chi connectivity index (χ1) is 11.8. The number of amides is 1. The summed E-state index contributed by atoms with van der Waals surface area (Å²) in [7, 11) is 1.70. The van der Waals surface area contributed by atoms with Gasteiger partial charge in [-0.3, -0.25) is 14.7 Å². The Morgan fingerprint density at radius 1 is 1.44 bits per heavy atom. The van der Waals surface area contributed by atoms with E-state index in [0.29, 0.717) is 16.7 Å². The summed E-state index contributed by atoms with van der Waals surface area (Å²) in [6.45, 7) is 1.63. The van der Waals surface area contributed by atoms with Crippen LogP contribution >= 0.6 is 27.5 Å². The van der Waals surface area contributed by atoms with Crippen LogP contribution in [0.4, 0.5) is 10.2 Å². The Kier molecular flexibility index (Phi) is 6.63. The highest BCUT2D eigenvalue weighted by molar-refractivity contribution is 9.10. The second kappa shape index (κ2) is 8.50. The van der Waals surface area contributed by atoms with Crippen LogP contribution in [0.2, 0.25) is 5.15 Å². The second-order valence-electron chi connectivity index (χ2n) is 5.33. The van der Waals surface area contributed by atoms with Gasteiger partial charge in [-0.1, -0.05) is 17.7 Å². The van der Waals surface area contributed by atoms with Gasteiger partial charge in [-0.15, -0.1) is 0 Å². The van der Waals surface area contributed by atoms with Crippen molar-refractivity contribution in [2.75, 3.05) is 18.9 Å². The second-order valence-corrected chi connectivity index (χ2v) is 6.48. The van der Waals surface area contributed by atoms with E-state index in [1.807, 2.05) is 0 Å². The predicted molar refractivity (Wildman–Crippen MR) is 95.0 cm³/mol. The monoisotopic (exact) mass is 431 g/mol. The van der Waals surface area contributed by atoms with Gasteiger partial charge in [0, 0.05) is 12.5 Å². The van der Waals surface area contributed by atoms with Gasteiger partial charge >= 0.3 is 0 Å². The zero-order valence-corrected chi connectivity index (χ0v) is 15.8. The minimum atomic E-state index is -1.05. The van der Waals surface area contributed by atoms with Gasteiger partial charge in [0.2, 0.25) is 11.9 Å². The fourth-order valence-corrected chi connectivity index (χ4v) is 3.12. The Labute approximate surface area is 156 Å². The zero-order valence-electron chi connectivity index (χ0n) is 13.4. The molecule has 0 bridgehead atoms. The summed E-state index contributed by atoms with van der Waals surface area (Å²) in [4.78, 5) is 28.4. The van der Waals surface area contributed by atoms with Gasteiger partial charge in [0.05, 0.1) is 10.2 Å². The summed E-state index contributed by atoms with van der Waals surface area (Å²) in [5.41, 5.74) is 0.516. The highest BCUT2D eigenvalue weighted by Crippen LogP contribution is 2.34. The molecule has 0 saturated heterocycles. The lowest BCUT2D eigenvalue weighted by atomic mass is 9.85. The van der Waals surface area contributed by atoms with Crippen LogP contribution in [0.25, 0.3) is 0 Å². The molecule has 2 heterocycles. The average Bonchev–Trinajstić information content (AvgIpc) is 2.86. The third kappa shape index (κ3) is 4.62. The molecule has 25 heavy (non-hydrogen) atoms. The van der Waals surface area contributed by atoms with E-state index in [1.54, 1.807) is 7.05 Å². The maximum atomic E-state index is 13.2. The van der Waals surface area contributed by atoms with Crippen molar-refractivity contribution in [2.24, 2.45) is 5.92 Å². The van der Waals surface area contributed by atoms with E-state index in [-0.39, 0.29) is 16.8 Å². The Balaban J connectivity index is 2.34. The average molecular weight is 433 g/mol. The topological polar surface area (TPSA) is 99.8 Å². The lowest BCUT2D eigenvalue weighted by Crippen LogP contribution is -2.38. The molecular weight excluding hydrogens is 417 g/mol. The maximum Gasteiger partial charge on any atom is 0.236 e. The largest absolute Gasteiger partial charge is 0.319 e. The number of carbonyl (C=O) groups is 2. The molecule has 1 amide bonds. The summed E-state index contributed by atoms with van der Waals surface area (Å²) in [5, 5.41) is 12.2. The zero-order chi connectivity index (χ0) is 18.6. The number of nitrogens with zero attached hydrogens (tertiary/aromatic N) is 2. The number of hydrogen-bond acceptors (Lipinski definition) is 5. The minimum absolute atomic E-state index is 0.0289. The van der Waals surface area contributed by atoms with Crippen LogP contribution in [-0.4, -0.2) is 40.5 Å². The summed E-state index contributed by atoms with van der Waals surface area (Å²) in [5.74, 6) is -3.26. The molecule has 10 heteroatoms. The molecule has 2 aromatic rings. The normalized spacial score (nSPS) is 13.3. The number of ketones is 1. The van der Waals surface area contributed by atoms with E-state index in [2.05, 4.69) is 41.7 Å². The molecule has 0 unspecified atom stereocenters. The van der Waals surface area contributed by atoms with E-state index < -0.39 is 23.7 Å². The molecule has 134 valence electrons. The van der Waals surface area contributed by atoms with Gasteiger partial charge in [-0.25, -0.2) is 4.98 Å². The van der Waals surface area contributed by atoms with Crippen molar-refractivity contribution in [1.29, 1.82) is 0 Å². The molecule has 0 aliphatic carbocycles. The van der Waals surface area contributed by atoms with Crippen LogP contribution in [0.1, 0.15) is 18.5 Å². The molecule has 2 aromatic heterocycles. The SMILES string of the molecule is CNC[C@H](c1[nH]nc(Cl)c1Br)[C@H](C(C)=O)C(=O)Nc1cccc(F)n1. The fourth-order valence-electron chi connectivity index (χ4n) is 2.50. The van der Waals surface area contributed by atoms with Gasteiger partial charge in [-0.05, 0) is 42.0 Å². The standard InChI is InChI=1S/C15H16BrClFN5O2/c1-7(24)11(15(25)21-10-5-3-4-9(18)20-10)8(6-19-2)13-12(16)14(17)23-22-13/h3-5,8,11,19H,6H2,1-2H3,(H,22,23)(H,20,21,25)/t8-,11-/m0/s1. The number of likely N-dealkylation sites (N-methyl/N-ethyl adjacent to an activating group) is 1. The third-order valence-corrected chi connectivity index (χ3v) is 4.88. The Bertz CT molecular complexity index is 785. The van der Waals surface area contributed by atoms with Crippen molar-refractivity contribution < 1.29 is 14.0 Å². The Morgan fingerprint density at radius 2 is 2.16 bits per heavy atom. The summed E-state index contributed by atoms with van der Waals surface area (Å²) >= 11 is 9.24. The molecule has 0 aliphatic heterocycles. The predicted octanol–water partition coefficient (Wildman–Crippen LogP) is 2.51. The highest BCUT2D eigenvalue weighted by Gasteiger charge is 2.36. The molecule has 0 saturated carbocycles. The molecule has 0 fully saturated rings. The first-order valence-electron chi connectivity index (χ1n) is 7.32. The number of pyridine rings is 1. The first-order valence-corrected chi connectivity index (χ1v) is 8.50. The quantitative estimate of drug-likeness (QED) is 0.461. The number of hydrogen-bond donors (Lipinski definition) is 3. The number of aromatic amines is 1. The Morgan fingerprint density at radius 3 is 2.68 bits per heavy atom. The smallest absolute Gasteiger partial charge is 0.236 e. The molecule has 0 spiro atoms. The molecule has 2 atom stereocenters. The van der Waals surface area contributed by atoms with Crippen LogP contribution in [0.3, 0.4) is 0 Å². The molecule has 0 aromatic carbocycles. The lowest BCUT2D eigenvalue weighted by Gasteiger charge is -2.23. The van der Waals surface area contributed by atoms with Crippen molar-refractivity contribution in [3.63, 3.8) is 0 Å². The number of rotatable bonds is 7. The van der Waals surface area contributed by atoms with Crippen LogP contribution < -0.4 is 10.6 Å². The minimum Gasteiger partial charge on any atom is -0.319 e. The van der Waals surface area contributed by atoms with E-state index in [0.717, 1.165) is 6.07 Å². The first kappa shape index (κ1) is 19.5. The van der Waals surface area contributed by atoms with Gasteiger partial charge in [0.25, 0.3) is 0 Å². The molecular formula is C15H16BrClFN5O2. The highest BCUT2D eigenvalue weighted by atomic mass is 79.9. The van der Waals surface area contributed by atoms with Gasteiger partial charge in [0.1, 0.15) is 17.5 Å². The fraction of sp³-hybridized carbons (Fsp3) is 0.333. The van der Waals surface area contributed by atoms with Gasteiger partial charge in [-0.2, -0.15) is 9.49 Å². The number of aromatic nitrogens is 3. The number of halogens is 3. The van der Waals surface area contributed by atoms with Crippen molar-refractivity contribution in [3.8, 4) is 0 Å². The van der Waals surface area contributed by atoms with Crippen LogP contribution in [0.5, 0.6) is 0 Å². The summed E-state index contributed by atoms with van der Waals surface area (Å²) < 4.78 is 13.7. The van der Waals surface area contributed by atoms with E-state index >= 15 is 0 Å². The van der Waals surface area contributed by atoms with Gasteiger partial charge in [0.15, 0.2) is 5.15 Å². The maximum absolute atomic E-state index is 13.2. The summed E-state index contributed by atoms with van der Waals surface area (Å²) in [6.07, 6.45) is 0. The number of Topliss-reactive ketones (excluding diaryl/α,β-unsaturated/α-hetero) is 1. The van der Waals surface area contributed by atoms with Crippen molar-refractivity contribution in [2.45, 2.75) is 12.8 Å². The lowest BCUT2D eigenvalue weighted by molar-refractivity contribution is -0.130. The van der Waals surface area contributed by atoms with Crippen molar-refractivity contribution in [1.82, 2.24) is 20.5 Å². The van der Waals surface area contributed by atoms with Crippen LogP contribution in [0, 0.1) is 11.9 Å². The number of H-pyrrole nitrogens is 1. The molecule has 3 N–H and O–H groups in total. The molecule has 7 nitrogen and oxygen atoms in total. The van der Waals surface area contributed by atoms with E-state index in [9.17, 15) is 14.0 Å². The number of nitrogens with one attached hydrogen (secondary N) is 3. The summed E-state index contributed by atoms with van der Waals surface area (Å²) in [6, 6.07) is 4.01. The Hall–Kier alpha value is -1.84. The molecule has 0 aliphatic rings. The third-order valence-electron chi connectivity index (χ3n) is 3.58. The number of carbonyl (C=O) groups excluding carboxylic acids is 2. The van der Waals surface area contributed by atoms with Crippen molar-refractivity contribution in [3.05, 3.63) is 39.5 Å². The van der Waals surface area contributed by atoms with Crippen LogP contribution in [0.15, 0.2) is 22.7 Å². The van der Waals surface area contributed by atoms with Crippen LogP contribution in [-0.2, 0) is 9.59 Å². The van der Waals surface area contributed by atoms with E-state index in [4.69, 9.17) is 11.6 Å². The number of anilines is 1.